The Morgan fingerprint density at radius 2 is 1.52 bits per heavy atom. The topological polar surface area (TPSA) is 47.7 Å². The first kappa shape index (κ1) is 18.9. The van der Waals surface area contributed by atoms with Crippen molar-refractivity contribution < 1.29 is 9.47 Å². The Labute approximate surface area is 131 Å². The van der Waals surface area contributed by atoms with E-state index in [4.69, 9.17) is 15.2 Å². The maximum atomic E-state index is 6.21. The Balaban J connectivity index is 2.72. The van der Waals surface area contributed by atoms with Crippen molar-refractivity contribution in [1.29, 1.82) is 0 Å². The summed E-state index contributed by atoms with van der Waals surface area (Å²) in [6, 6.07) is 0. The molecule has 0 saturated heterocycles. The van der Waals surface area contributed by atoms with Crippen LogP contribution in [-0.4, -0.2) is 57.5 Å². The van der Waals surface area contributed by atoms with Crippen molar-refractivity contribution in [3.8, 4) is 0 Å². The molecule has 1 aliphatic rings. The number of hydrogen-bond acceptors (Lipinski definition) is 4. The second-order valence-corrected chi connectivity index (χ2v) is 7.54. The number of nitrogens with two attached hydrogens (primary N) is 1. The Bertz CT molecular complexity index is 273. The van der Waals surface area contributed by atoms with Crippen LogP contribution < -0.4 is 5.73 Å². The zero-order chi connectivity index (χ0) is 15.9. The van der Waals surface area contributed by atoms with Crippen LogP contribution in [0.4, 0.5) is 0 Å². The molecular weight excluding hydrogens is 264 g/mol. The number of rotatable bonds is 8. The number of nitrogens with zero attached hydrogens (tertiary/aromatic N) is 1. The predicted molar refractivity (Wildman–Crippen MR) is 88.5 cm³/mol. The van der Waals surface area contributed by atoms with Crippen LogP contribution in [0.5, 0.6) is 0 Å². The van der Waals surface area contributed by atoms with E-state index in [0.717, 1.165) is 38.8 Å². The van der Waals surface area contributed by atoms with E-state index >= 15 is 0 Å². The maximum absolute atomic E-state index is 6.21. The van der Waals surface area contributed by atoms with Crippen LogP contribution in [0.25, 0.3) is 0 Å². The molecule has 2 N–H and O–H groups in total. The van der Waals surface area contributed by atoms with E-state index in [1.54, 1.807) is 14.2 Å². The Hall–Kier alpha value is -0.160. The van der Waals surface area contributed by atoms with Crippen molar-refractivity contribution in [3.05, 3.63) is 0 Å². The summed E-state index contributed by atoms with van der Waals surface area (Å²) in [6.07, 6.45) is 4.94. The molecule has 126 valence electrons. The van der Waals surface area contributed by atoms with Crippen LogP contribution in [0.15, 0.2) is 0 Å². The average molecular weight is 300 g/mol. The molecule has 0 amide bonds. The summed E-state index contributed by atoms with van der Waals surface area (Å²) >= 11 is 0. The summed E-state index contributed by atoms with van der Waals surface area (Å²) < 4.78 is 10.6. The third kappa shape index (κ3) is 5.20. The van der Waals surface area contributed by atoms with Crippen LogP contribution in [-0.2, 0) is 9.47 Å². The largest absolute Gasteiger partial charge is 0.383 e. The molecule has 21 heavy (non-hydrogen) atoms. The molecule has 0 heterocycles. The minimum Gasteiger partial charge on any atom is -0.383 e. The monoisotopic (exact) mass is 300 g/mol. The van der Waals surface area contributed by atoms with Crippen molar-refractivity contribution in [2.45, 2.75) is 52.0 Å². The Kier molecular flexibility index (Phi) is 7.62. The minimum absolute atomic E-state index is 0.138. The molecule has 1 rings (SSSR count). The van der Waals surface area contributed by atoms with Crippen molar-refractivity contribution >= 4 is 0 Å². The molecule has 1 aliphatic carbocycles. The van der Waals surface area contributed by atoms with Crippen molar-refractivity contribution in [3.63, 3.8) is 0 Å². The summed E-state index contributed by atoms with van der Waals surface area (Å²) in [7, 11) is 3.53. The van der Waals surface area contributed by atoms with E-state index in [0.29, 0.717) is 5.41 Å². The normalized spacial score (nSPS) is 27.3. The number of methoxy groups -OCH3 is 2. The van der Waals surface area contributed by atoms with Crippen LogP contribution in [0.1, 0.15) is 46.5 Å². The molecule has 0 unspecified atom stereocenters. The van der Waals surface area contributed by atoms with E-state index < -0.39 is 0 Å². The highest BCUT2D eigenvalue weighted by atomic mass is 16.5. The van der Waals surface area contributed by atoms with Crippen LogP contribution in [0.2, 0.25) is 0 Å². The van der Waals surface area contributed by atoms with E-state index in [9.17, 15) is 0 Å². The van der Waals surface area contributed by atoms with Gasteiger partial charge in [0.2, 0.25) is 0 Å². The van der Waals surface area contributed by atoms with E-state index in [-0.39, 0.29) is 5.54 Å². The van der Waals surface area contributed by atoms with Gasteiger partial charge >= 0.3 is 0 Å². The zero-order valence-electron chi connectivity index (χ0n) is 14.8. The summed E-state index contributed by atoms with van der Waals surface area (Å²) in [4.78, 5) is 2.51. The first-order chi connectivity index (χ1) is 9.89. The van der Waals surface area contributed by atoms with Gasteiger partial charge in [0.25, 0.3) is 0 Å². The molecule has 0 bridgehead atoms. The van der Waals surface area contributed by atoms with E-state index in [1.807, 2.05) is 0 Å². The third-order valence-corrected chi connectivity index (χ3v) is 5.32. The first-order valence-electron chi connectivity index (χ1n) is 8.32. The quantitative estimate of drug-likeness (QED) is 0.748. The lowest BCUT2D eigenvalue weighted by Crippen LogP contribution is -2.58. The molecule has 0 atom stereocenters. The molecule has 0 aromatic rings. The highest BCUT2D eigenvalue weighted by Crippen LogP contribution is 2.43. The standard InChI is InChI=1S/C17H36N2O2/c1-16(2,3)15-6-8-17(14-18,9-7-15)19(10-12-20-4)11-13-21-5/h15H,6-14,18H2,1-5H3. The molecule has 1 saturated carbocycles. The van der Waals surface area contributed by atoms with Gasteiger partial charge in [-0.2, -0.15) is 0 Å². The summed E-state index contributed by atoms with van der Waals surface area (Å²) in [5.74, 6) is 0.809. The Morgan fingerprint density at radius 1 is 1.05 bits per heavy atom. The second-order valence-electron chi connectivity index (χ2n) is 7.54. The minimum atomic E-state index is 0.138. The van der Waals surface area contributed by atoms with Gasteiger partial charge in [0, 0.05) is 39.4 Å². The highest BCUT2D eigenvalue weighted by Gasteiger charge is 2.41. The summed E-state index contributed by atoms with van der Waals surface area (Å²) in [5.41, 5.74) is 6.76. The van der Waals surface area contributed by atoms with Crippen LogP contribution >= 0.6 is 0 Å². The Morgan fingerprint density at radius 3 is 1.86 bits per heavy atom. The highest BCUT2D eigenvalue weighted by molar-refractivity contribution is 4.97. The fourth-order valence-electron chi connectivity index (χ4n) is 3.66. The van der Waals surface area contributed by atoms with Gasteiger partial charge in [-0.1, -0.05) is 20.8 Å². The smallest absolute Gasteiger partial charge is 0.0589 e. The zero-order valence-corrected chi connectivity index (χ0v) is 14.8. The molecule has 0 radical (unpaired) electrons. The lowest BCUT2D eigenvalue weighted by Gasteiger charge is -2.49. The predicted octanol–water partition coefficient (Wildman–Crippen LogP) is 2.51. The van der Waals surface area contributed by atoms with Crippen molar-refractivity contribution in [1.82, 2.24) is 4.90 Å². The van der Waals surface area contributed by atoms with Gasteiger partial charge in [0.05, 0.1) is 13.2 Å². The third-order valence-electron chi connectivity index (χ3n) is 5.32. The number of ether oxygens (including phenoxy) is 2. The molecule has 0 aromatic heterocycles. The molecular formula is C17H36N2O2. The summed E-state index contributed by atoms with van der Waals surface area (Å²) in [5, 5.41) is 0. The van der Waals surface area contributed by atoms with Gasteiger partial charge in [-0.3, -0.25) is 4.90 Å². The first-order valence-corrected chi connectivity index (χ1v) is 8.32. The van der Waals surface area contributed by atoms with Crippen LogP contribution in [0, 0.1) is 11.3 Å². The second kappa shape index (κ2) is 8.47. The SMILES string of the molecule is COCCN(CCOC)C1(CN)CCC(C(C)(C)C)CC1. The fourth-order valence-corrected chi connectivity index (χ4v) is 3.66. The molecule has 1 fully saturated rings. The van der Waals surface area contributed by atoms with Gasteiger partial charge < -0.3 is 15.2 Å². The number of hydrogen-bond donors (Lipinski definition) is 1. The molecule has 4 nitrogen and oxygen atoms in total. The average Bonchev–Trinajstić information content (AvgIpc) is 2.46. The summed E-state index contributed by atoms with van der Waals surface area (Å²) in [6.45, 7) is 11.2. The van der Waals surface area contributed by atoms with Crippen molar-refractivity contribution in [2.24, 2.45) is 17.1 Å². The van der Waals surface area contributed by atoms with Gasteiger partial charge in [-0.25, -0.2) is 0 Å². The van der Waals surface area contributed by atoms with E-state index in [1.165, 1.54) is 25.7 Å². The van der Waals surface area contributed by atoms with Gasteiger partial charge in [0.1, 0.15) is 0 Å². The van der Waals surface area contributed by atoms with Crippen molar-refractivity contribution in [2.75, 3.05) is 47.1 Å². The fraction of sp³-hybridized carbons (Fsp3) is 1.00. The van der Waals surface area contributed by atoms with Gasteiger partial charge in [-0.15, -0.1) is 0 Å². The lowest BCUT2D eigenvalue weighted by atomic mass is 9.67. The lowest BCUT2D eigenvalue weighted by molar-refractivity contribution is -0.00602. The molecule has 0 aromatic carbocycles. The maximum Gasteiger partial charge on any atom is 0.0589 e. The van der Waals surface area contributed by atoms with Crippen LogP contribution in [0.3, 0.4) is 0 Å². The molecule has 0 spiro atoms. The molecule has 0 aliphatic heterocycles. The van der Waals surface area contributed by atoms with E-state index in [2.05, 4.69) is 25.7 Å². The van der Waals surface area contributed by atoms with Gasteiger partial charge in [-0.05, 0) is 37.0 Å². The van der Waals surface area contributed by atoms with Gasteiger partial charge in [0.15, 0.2) is 0 Å². The molecule has 4 heteroatoms.